The molecule has 16 heavy (non-hydrogen) atoms. The molecule has 1 N–H and O–H groups in total. The highest BCUT2D eigenvalue weighted by Gasteiger charge is 2.21. The first-order valence-corrected chi connectivity index (χ1v) is 5.82. The first-order chi connectivity index (χ1) is 7.20. The highest BCUT2D eigenvalue weighted by atomic mass is 79.9. The summed E-state index contributed by atoms with van der Waals surface area (Å²) in [4.78, 5) is 0. The summed E-state index contributed by atoms with van der Waals surface area (Å²) in [5.74, 6) is -1.16. The van der Waals surface area contributed by atoms with Crippen molar-refractivity contribution in [3.63, 3.8) is 0 Å². The SMILES string of the molecule is CC(C)(C)CC(O)c1cc(F)c(Br)cc1F. The number of halogens is 3. The van der Waals surface area contributed by atoms with E-state index in [1.165, 1.54) is 0 Å². The van der Waals surface area contributed by atoms with Crippen LogP contribution in [0.15, 0.2) is 16.6 Å². The van der Waals surface area contributed by atoms with Gasteiger partial charge in [-0.1, -0.05) is 20.8 Å². The van der Waals surface area contributed by atoms with Crippen molar-refractivity contribution in [2.24, 2.45) is 5.41 Å². The number of aliphatic hydroxyl groups is 1. The Labute approximate surface area is 103 Å². The van der Waals surface area contributed by atoms with Crippen LogP contribution in [0.3, 0.4) is 0 Å². The maximum atomic E-state index is 13.5. The predicted octanol–water partition coefficient (Wildman–Crippen LogP) is 4.20. The van der Waals surface area contributed by atoms with Crippen molar-refractivity contribution < 1.29 is 13.9 Å². The van der Waals surface area contributed by atoms with Gasteiger partial charge in [-0.05, 0) is 39.9 Å². The van der Waals surface area contributed by atoms with Crippen molar-refractivity contribution in [3.8, 4) is 0 Å². The molecule has 0 heterocycles. The summed E-state index contributed by atoms with van der Waals surface area (Å²) in [6.45, 7) is 5.80. The molecule has 0 bridgehead atoms. The van der Waals surface area contributed by atoms with Crippen molar-refractivity contribution in [1.82, 2.24) is 0 Å². The van der Waals surface area contributed by atoms with Crippen molar-refractivity contribution in [3.05, 3.63) is 33.8 Å². The van der Waals surface area contributed by atoms with E-state index in [4.69, 9.17) is 0 Å². The molecular formula is C12H15BrF2O. The van der Waals surface area contributed by atoms with Gasteiger partial charge in [0.05, 0.1) is 10.6 Å². The fourth-order valence-corrected chi connectivity index (χ4v) is 1.80. The van der Waals surface area contributed by atoms with Crippen LogP contribution < -0.4 is 0 Å². The molecule has 0 saturated heterocycles. The number of hydrogen-bond donors (Lipinski definition) is 1. The molecule has 0 amide bonds. The Morgan fingerprint density at radius 3 is 2.31 bits per heavy atom. The largest absolute Gasteiger partial charge is 0.388 e. The fraction of sp³-hybridized carbons (Fsp3) is 0.500. The highest BCUT2D eigenvalue weighted by molar-refractivity contribution is 9.10. The van der Waals surface area contributed by atoms with Crippen LogP contribution in [-0.2, 0) is 0 Å². The molecule has 90 valence electrons. The molecule has 0 aliphatic rings. The summed E-state index contributed by atoms with van der Waals surface area (Å²) >= 11 is 2.89. The Bertz CT molecular complexity index is 385. The molecule has 1 aromatic carbocycles. The molecule has 0 fully saturated rings. The molecule has 1 atom stereocenters. The second-order valence-electron chi connectivity index (χ2n) is 5.07. The Morgan fingerprint density at radius 2 is 1.81 bits per heavy atom. The van der Waals surface area contributed by atoms with Gasteiger partial charge in [0.25, 0.3) is 0 Å². The highest BCUT2D eigenvalue weighted by Crippen LogP contribution is 2.32. The van der Waals surface area contributed by atoms with E-state index in [0.717, 1.165) is 12.1 Å². The summed E-state index contributed by atoms with van der Waals surface area (Å²) in [6.07, 6.45) is -0.604. The Hall–Kier alpha value is -0.480. The lowest BCUT2D eigenvalue weighted by Crippen LogP contribution is -2.13. The fourth-order valence-electron chi connectivity index (χ4n) is 1.48. The third-order valence-electron chi connectivity index (χ3n) is 2.20. The van der Waals surface area contributed by atoms with E-state index in [1.807, 2.05) is 20.8 Å². The van der Waals surface area contributed by atoms with Gasteiger partial charge in [0.2, 0.25) is 0 Å². The Balaban J connectivity index is 3.00. The van der Waals surface area contributed by atoms with Gasteiger partial charge in [0, 0.05) is 5.56 Å². The van der Waals surface area contributed by atoms with Crippen LogP contribution in [-0.4, -0.2) is 5.11 Å². The molecule has 0 saturated carbocycles. The van der Waals surface area contributed by atoms with Gasteiger partial charge in [0.1, 0.15) is 11.6 Å². The molecule has 0 aliphatic heterocycles. The Morgan fingerprint density at radius 1 is 1.25 bits per heavy atom. The normalized spacial score (nSPS) is 13.9. The molecule has 0 aliphatic carbocycles. The molecule has 4 heteroatoms. The van der Waals surface area contributed by atoms with Crippen molar-refractivity contribution in [2.75, 3.05) is 0 Å². The van der Waals surface area contributed by atoms with Crippen LogP contribution in [0.25, 0.3) is 0 Å². The molecule has 1 aromatic rings. The number of benzene rings is 1. The van der Waals surface area contributed by atoms with E-state index < -0.39 is 17.7 Å². The summed E-state index contributed by atoms with van der Waals surface area (Å²) in [6, 6.07) is 2.08. The minimum Gasteiger partial charge on any atom is -0.388 e. The first kappa shape index (κ1) is 13.6. The quantitative estimate of drug-likeness (QED) is 0.810. The standard InChI is InChI=1S/C12H15BrF2O/c1-12(2,3)6-11(16)7-4-10(15)8(13)5-9(7)14/h4-5,11,16H,6H2,1-3H3. The summed E-state index contributed by atoms with van der Waals surface area (Å²) in [5, 5.41) is 9.83. The number of rotatable bonds is 2. The molecule has 0 spiro atoms. The topological polar surface area (TPSA) is 20.2 Å². The molecular weight excluding hydrogens is 278 g/mol. The maximum absolute atomic E-state index is 13.5. The van der Waals surface area contributed by atoms with Crippen molar-refractivity contribution in [2.45, 2.75) is 33.3 Å². The van der Waals surface area contributed by atoms with Crippen molar-refractivity contribution in [1.29, 1.82) is 0 Å². The smallest absolute Gasteiger partial charge is 0.137 e. The third-order valence-corrected chi connectivity index (χ3v) is 2.81. The zero-order valence-electron chi connectivity index (χ0n) is 9.52. The van der Waals surface area contributed by atoms with Gasteiger partial charge in [-0.3, -0.25) is 0 Å². The van der Waals surface area contributed by atoms with E-state index in [-0.39, 0.29) is 15.5 Å². The zero-order chi connectivity index (χ0) is 12.5. The summed E-state index contributed by atoms with van der Waals surface area (Å²) in [5.41, 5.74) is -0.134. The summed E-state index contributed by atoms with van der Waals surface area (Å²) < 4.78 is 26.8. The molecule has 1 rings (SSSR count). The monoisotopic (exact) mass is 292 g/mol. The van der Waals surface area contributed by atoms with E-state index in [9.17, 15) is 13.9 Å². The lowest BCUT2D eigenvalue weighted by Gasteiger charge is -2.23. The second-order valence-corrected chi connectivity index (χ2v) is 5.92. The zero-order valence-corrected chi connectivity index (χ0v) is 11.1. The number of aliphatic hydroxyl groups excluding tert-OH is 1. The van der Waals surface area contributed by atoms with E-state index in [1.54, 1.807) is 0 Å². The number of hydrogen-bond acceptors (Lipinski definition) is 1. The van der Waals surface area contributed by atoms with Crippen LogP contribution in [0.1, 0.15) is 38.9 Å². The molecule has 1 nitrogen and oxygen atoms in total. The van der Waals surface area contributed by atoms with E-state index >= 15 is 0 Å². The average Bonchev–Trinajstić information content (AvgIpc) is 2.08. The summed E-state index contributed by atoms with van der Waals surface area (Å²) in [7, 11) is 0. The van der Waals surface area contributed by atoms with Crippen LogP contribution in [0, 0.1) is 17.0 Å². The molecule has 0 radical (unpaired) electrons. The predicted molar refractivity (Wildman–Crippen MR) is 63.1 cm³/mol. The first-order valence-electron chi connectivity index (χ1n) is 5.03. The molecule has 1 unspecified atom stereocenters. The lowest BCUT2D eigenvalue weighted by molar-refractivity contribution is 0.118. The van der Waals surface area contributed by atoms with Gasteiger partial charge in [-0.15, -0.1) is 0 Å². The van der Waals surface area contributed by atoms with Gasteiger partial charge >= 0.3 is 0 Å². The minimum atomic E-state index is -0.984. The van der Waals surface area contributed by atoms with E-state index in [2.05, 4.69) is 15.9 Å². The van der Waals surface area contributed by atoms with Gasteiger partial charge in [0.15, 0.2) is 0 Å². The van der Waals surface area contributed by atoms with Crippen LogP contribution in [0.5, 0.6) is 0 Å². The van der Waals surface area contributed by atoms with Gasteiger partial charge in [-0.25, -0.2) is 8.78 Å². The van der Waals surface area contributed by atoms with Crippen molar-refractivity contribution >= 4 is 15.9 Å². The van der Waals surface area contributed by atoms with Crippen LogP contribution in [0.4, 0.5) is 8.78 Å². The second kappa shape index (κ2) is 4.80. The van der Waals surface area contributed by atoms with Gasteiger partial charge < -0.3 is 5.11 Å². The minimum absolute atomic E-state index is 0.00984. The maximum Gasteiger partial charge on any atom is 0.137 e. The third kappa shape index (κ3) is 3.52. The van der Waals surface area contributed by atoms with Crippen LogP contribution in [0.2, 0.25) is 0 Å². The molecule has 0 aromatic heterocycles. The Kier molecular flexibility index (Phi) is 4.07. The van der Waals surface area contributed by atoms with Crippen LogP contribution >= 0.6 is 15.9 Å². The average molecular weight is 293 g/mol. The van der Waals surface area contributed by atoms with Gasteiger partial charge in [-0.2, -0.15) is 0 Å². The van der Waals surface area contributed by atoms with E-state index in [0.29, 0.717) is 6.42 Å². The lowest BCUT2D eigenvalue weighted by atomic mass is 9.87.